The van der Waals surface area contributed by atoms with Crippen LogP contribution in [-0.4, -0.2) is 48.5 Å². The van der Waals surface area contributed by atoms with Gasteiger partial charge in [0, 0.05) is 26.2 Å². The van der Waals surface area contributed by atoms with Gasteiger partial charge in [0.05, 0.1) is 4.92 Å². The van der Waals surface area contributed by atoms with Crippen LogP contribution in [0.3, 0.4) is 0 Å². The average molecular weight is 296 g/mol. The molecule has 1 aromatic rings. The minimum Gasteiger partial charge on any atom is -0.482 e. The number of ether oxygens (including phenoxy) is 2. The monoisotopic (exact) mass is 296 g/mol. The van der Waals surface area contributed by atoms with Crippen LogP contribution in [-0.2, 0) is 14.3 Å². The number of esters is 1. The van der Waals surface area contributed by atoms with Gasteiger partial charge in [0.1, 0.15) is 5.75 Å². The van der Waals surface area contributed by atoms with Crippen molar-refractivity contribution in [1.29, 1.82) is 0 Å². The summed E-state index contributed by atoms with van der Waals surface area (Å²) in [6.07, 6.45) is -0.895. The van der Waals surface area contributed by atoms with E-state index in [1.807, 2.05) is 0 Å². The number of amides is 1. The third-order valence-corrected chi connectivity index (χ3v) is 2.50. The lowest BCUT2D eigenvalue weighted by Crippen LogP contribution is -2.35. The number of nitro benzene ring substituents is 1. The Labute approximate surface area is 121 Å². The first-order valence-corrected chi connectivity index (χ1v) is 6.09. The molecule has 1 aromatic carbocycles. The van der Waals surface area contributed by atoms with Crippen molar-refractivity contribution in [3.63, 3.8) is 0 Å². The summed E-state index contributed by atoms with van der Waals surface area (Å²) in [4.78, 5) is 34.3. The number of hydrogen-bond acceptors (Lipinski definition) is 6. The highest BCUT2D eigenvalue weighted by atomic mass is 16.6. The molecule has 0 saturated heterocycles. The van der Waals surface area contributed by atoms with E-state index in [4.69, 9.17) is 9.47 Å². The van der Waals surface area contributed by atoms with Crippen LogP contribution in [0.1, 0.15) is 6.92 Å². The second kappa shape index (κ2) is 7.22. The standard InChI is InChI=1S/C13H16N2O6/c1-9(13(17)14(2)3)21-12(16)8-20-11-6-4-10(5-7-11)15(18)19/h4-7,9H,8H2,1-3H3/t9-/m1/s1. The molecule has 8 heteroatoms. The van der Waals surface area contributed by atoms with Crippen molar-refractivity contribution >= 4 is 17.6 Å². The molecule has 0 unspecified atom stereocenters. The quantitative estimate of drug-likeness (QED) is 0.441. The summed E-state index contributed by atoms with van der Waals surface area (Å²) < 4.78 is 10.0. The van der Waals surface area contributed by atoms with Crippen LogP contribution < -0.4 is 4.74 Å². The molecule has 0 saturated carbocycles. The number of non-ortho nitro benzene ring substituents is 1. The second-order valence-corrected chi connectivity index (χ2v) is 4.40. The van der Waals surface area contributed by atoms with Crippen LogP contribution in [0.25, 0.3) is 0 Å². The van der Waals surface area contributed by atoms with Crippen molar-refractivity contribution < 1.29 is 24.0 Å². The zero-order chi connectivity index (χ0) is 16.0. The molecule has 0 aromatic heterocycles. The Hall–Kier alpha value is -2.64. The second-order valence-electron chi connectivity index (χ2n) is 4.40. The maximum absolute atomic E-state index is 11.5. The lowest BCUT2D eigenvalue weighted by atomic mass is 10.3. The van der Waals surface area contributed by atoms with Gasteiger partial charge in [-0.2, -0.15) is 0 Å². The highest BCUT2D eigenvalue weighted by Gasteiger charge is 2.19. The first-order valence-electron chi connectivity index (χ1n) is 6.09. The van der Waals surface area contributed by atoms with Gasteiger partial charge in [-0.15, -0.1) is 0 Å². The van der Waals surface area contributed by atoms with E-state index in [1.165, 1.54) is 36.1 Å². The van der Waals surface area contributed by atoms with E-state index in [2.05, 4.69) is 0 Å². The van der Waals surface area contributed by atoms with Gasteiger partial charge >= 0.3 is 5.97 Å². The number of nitro groups is 1. The van der Waals surface area contributed by atoms with E-state index < -0.39 is 17.0 Å². The van der Waals surface area contributed by atoms with E-state index in [1.54, 1.807) is 14.1 Å². The Kier molecular flexibility index (Phi) is 5.65. The van der Waals surface area contributed by atoms with Crippen LogP contribution in [0.4, 0.5) is 5.69 Å². The molecule has 0 spiro atoms. The fourth-order valence-electron chi connectivity index (χ4n) is 1.45. The van der Waals surface area contributed by atoms with Gasteiger partial charge in [-0.25, -0.2) is 4.79 Å². The van der Waals surface area contributed by atoms with E-state index in [0.717, 1.165) is 0 Å². The molecule has 0 fully saturated rings. The third-order valence-electron chi connectivity index (χ3n) is 2.50. The summed E-state index contributed by atoms with van der Waals surface area (Å²) in [5.74, 6) is -0.737. The molecule has 0 bridgehead atoms. The van der Waals surface area contributed by atoms with Gasteiger partial charge in [0.2, 0.25) is 0 Å². The summed E-state index contributed by atoms with van der Waals surface area (Å²) in [7, 11) is 3.11. The molecule has 0 N–H and O–H groups in total. The Morgan fingerprint density at radius 2 is 1.86 bits per heavy atom. The first-order chi connectivity index (χ1) is 9.81. The Morgan fingerprint density at radius 3 is 2.33 bits per heavy atom. The molecule has 1 atom stereocenters. The number of nitrogens with zero attached hydrogens (tertiary/aromatic N) is 2. The number of carbonyl (C=O) groups is 2. The lowest BCUT2D eigenvalue weighted by Gasteiger charge is -2.17. The topological polar surface area (TPSA) is 99.0 Å². The Morgan fingerprint density at radius 1 is 1.29 bits per heavy atom. The highest BCUT2D eigenvalue weighted by Crippen LogP contribution is 2.17. The minimum absolute atomic E-state index is 0.0740. The normalized spacial score (nSPS) is 11.4. The number of rotatable bonds is 6. The zero-order valence-electron chi connectivity index (χ0n) is 11.9. The number of hydrogen-bond donors (Lipinski definition) is 0. The van der Waals surface area contributed by atoms with E-state index in [9.17, 15) is 19.7 Å². The number of likely N-dealkylation sites (N-methyl/N-ethyl adjacent to an activating group) is 1. The van der Waals surface area contributed by atoms with Crippen LogP contribution in [0.5, 0.6) is 5.75 Å². The fourth-order valence-corrected chi connectivity index (χ4v) is 1.45. The van der Waals surface area contributed by atoms with Crippen molar-refractivity contribution in [2.75, 3.05) is 20.7 Å². The largest absolute Gasteiger partial charge is 0.482 e. The van der Waals surface area contributed by atoms with Crippen LogP contribution in [0, 0.1) is 10.1 Å². The third kappa shape index (κ3) is 5.09. The van der Waals surface area contributed by atoms with Crippen molar-refractivity contribution in [3.8, 4) is 5.75 Å². The molecule has 0 aliphatic heterocycles. The molecule has 1 amide bonds. The lowest BCUT2D eigenvalue weighted by molar-refractivity contribution is -0.384. The molecule has 0 heterocycles. The van der Waals surface area contributed by atoms with Gasteiger partial charge in [-0.1, -0.05) is 0 Å². The van der Waals surface area contributed by atoms with Gasteiger partial charge in [-0.3, -0.25) is 14.9 Å². The minimum atomic E-state index is -0.895. The summed E-state index contributed by atoms with van der Waals surface area (Å²) >= 11 is 0. The number of carbonyl (C=O) groups excluding carboxylic acids is 2. The molecular formula is C13H16N2O6. The summed E-state index contributed by atoms with van der Waals surface area (Å²) in [6, 6.07) is 5.28. The van der Waals surface area contributed by atoms with Crippen LogP contribution in [0.2, 0.25) is 0 Å². The SMILES string of the molecule is C[C@@H](OC(=O)COc1ccc([N+](=O)[O-])cc1)C(=O)N(C)C. The molecule has 0 aliphatic carbocycles. The molecule has 0 aliphatic rings. The van der Waals surface area contributed by atoms with E-state index in [0.29, 0.717) is 5.75 Å². The average Bonchev–Trinajstić information content (AvgIpc) is 2.44. The van der Waals surface area contributed by atoms with Gasteiger partial charge in [-0.05, 0) is 19.1 Å². The molecule has 21 heavy (non-hydrogen) atoms. The Bertz CT molecular complexity index is 526. The Balaban J connectivity index is 2.46. The van der Waals surface area contributed by atoms with E-state index in [-0.39, 0.29) is 18.2 Å². The predicted molar refractivity (Wildman–Crippen MR) is 72.8 cm³/mol. The maximum Gasteiger partial charge on any atom is 0.344 e. The molecule has 114 valence electrons. The number of benzene rings is 1. The highest BCUT2D eigenvalue weighted by molar-refractivity contribution is 5.83. The van der Waals surface area contributed by atoms with Crippen molar-refractivity contribution in [3.05, 3.63) is 34.4 Å². The molecule has 8 nitrogen and oxygen atoms in total. The van der Waals surface area contributed by atoms with Gasteiger partial charge < -0.3 is 14.4 Å². The summed E-state index contributed by atoms with van der Waals surface area (Å²) in [6.45, 7) is 1.08. The maximum atomic E-state index is 11.5. The van der Waals surface area contributed by atoms with Crippen molar-refractivity contribution in [2.45, 2.75) is 13.0 Å². The summed E-state index contributed by atoms with van der Waals surface area (Å²) in [5.41, 5.74) is -0.0740. The van der Waals surface area contributed by atoms with Gasteiger partial charge in [0.25, 0.3) is 11.6 Å². The molecule has 1 rings (SSSR count). The van der Waals surface area contributed by atoms with Gasteiger partial charge in [0.15, 0.2) is 12.7 Å². The predicted octanol–water partition coefficient (Wildman–Crippen LogP) is 0.993. The summed E-state index contributed by atoms with van der Waals surface area (Å²) in [5, 5.41) is 10.5. The van der Waals surface area contributed by atoms with Crippen molar-refractivity contribution in [1.82, 2.24) is 4.90 Å². The van der Waals surface area contributed by atoms with E-state index >= 15 is 0 Å². The first kappa shape index (κ1) is 16.4. The van der Waals surface area contributed by atoms with Crippen LogP contribution in [0.15, 0.2) is 24.3 Å². The molecule has 0 radical (unpaired) electrons. The fraction of sp³-hybridized carbons (Fsp3) is 0.385. The van der Waals surface area contributed by atoms with Crippen molar-refractivity contribution in [2.24, 2.45) is 0 Å². The molecular weight excluding hydrogens is 280 g/mol. The smallest absolute Gasteiger partial charge is 0.344 e. The zero-order valence-corrected chi connectivity index (χ0v) is 11.9. The van der Waals surface area contributed by atoms with Crippen LogP contribution >= 0.6 is 0 Å².